The molecule has 0 saturated heterocycles. The Hall–Kier alpha value is -4.56. The summed E-state index contributed by atoms with van der Waals surface area (Å²) in [5.41, 5.74) is 5.96. The van der Waals surface area contributed by atoms with E-state index in [1.807, 2.05) is 0 Å². The Labute approximate surface area is 230 Å². The van der Waals surface area contributed by atoms with Crippen LogP contribution in [-0.4, -0.2) is 58.6 Å². The molecule has 1 saturated carbocycles. The summed E-state index contributed by atoms with van der Waals surface area (Å²) in [7, 11) is 0. The van der Waals surface area contributed by atoms with Gasteiger partial charge in [0.2, 0.25) is 17.7 Å². The van der Waals surface area contributed by atoms with Gasteiger partial charge in [0.05, 0.1) is 17.6 Å². The van der Waals surface area contributed by atoms with Crippen molar-refractivity contribution in [1.29, 1.82) is 0 Å². The number of rotatable bonds is 5. The number of anilines is 1. The molecular formula is C26H25F4N9O2. The first-order valence-corrected chi connectivity index (χ1v) is 13.1. The number of fused-ring (bicyclic) bond motifs is 2. The Kier molecular flexibility index (Phi) is 6.58. The van der Waals surface area contributed by atoms with Crippen molar-refractivity contribution >= 4 is 28.7 Å². The van der Waals surface area contributed by atoms with Crippen LogP contribution in [0.2, 0.25) is 0 Å². The van der Waals surface area contributed by atoms with Crippen LogP contribution in [0.25, 0.3) is 16.7 Å². The number of hydrogen-bond donors (Lipinski definition) is 2. The van der Waals surface area contributed by atoms with Gasteiger partial charge < -0.3 is 25.1 Å². The Morgan fingerprint density at radius 2 is 1.83 bits per heavy atom. The van der Waals surface area contributed by atoms with Crippen molar-refractivity contribution in [3.63, 3.8) is 0 Å². The minimum Gasteiger partial charge on any atom is -0.366 e. The number of nitrogens with one attached hydrogen (secondary N) is 1. The number of nitrogens with two attached hydrogens (primary N) is 1. The molecule has 15 heteroatoms. The number of carbonyl (C=O) groups excluding carboxylic acids is 2. The molecule has 214 valence electrons. The Balaban J connectivity index is 1.10. The fourth-order valence-electron chi connectivity index (χ4n) is 5.65. The van der Waals surface area contributed by atoms with E-state index in [1.165, 1.54) is 18.3 Å². The van der Waals surface area contributed by atoms with Gasteiger partial charge in [0.15, 0.2) is 5.82 Å². The van der Waals surface area contributed by atoms with Crippen molar-refractivity contribution < 1.29 is 27.2 Å². The summed E-state index contributed by atoms with van der Waals surface area (Å²) >= 11 is 0. The normalized spacial score (nSPS) is 19.3. The van der Waals surface area contributed by atoms with Crippen molar-refractivity contribution in [2.75, 3.05) is 11.9 Å². The lowest BCUT2D eigenvalue weighted by Gasteiger charge is -2.34. The molecule has 11 nitrogen and oxygen atoms in total. The number of aromatic nitrogens is 6. The number of hydrogen-bond acceptors (Lipinski definition) is 7. The lowest BCUT2D eigenvalue weighted by molar-refractivity contribution is -0.148. The van der Waals surface area contributed by atoms with Crippen molar-refractivity contribution in [3.05, 3.63) is 59.7 Å². The van der Waals surface area contributed by atoms with Crippen molar-refractivity contribution in [2.24, 2.45) is 11.7 Å². The van der Waals surface area contributed by atoms with Crippen LogP contribution in [0, 0.1) is 11.7 Å². The summed E-state index contributed by atoms with van der Waals surface area (Å²) in [5.74, 6) is -1.81. The molecule has 0 unspecified atom stereocenters. The molecule has 1 aliphatic heterocycles. The van der Waals surface area contributed by atoms with E-state index in [1.54, 1.807) is 27.8 Å². The van der Waals surface area contributed by atoms with Crippen LogP contribution in [0.4, 0.5) is 23.5 Å². The van der Waals surface area contributed by atoms with Crippen molar-refractivity contribution in [3.8, 4) is 5.82 Å². The maximum atomic E-state index is 14.5. The topological polar surface area (TPSA) is 137 Å². The zero-order valence-electron chi connectivity index (χ0n) is 21.6. The highest BCUT2D eigenvalue weighted by molar-refractivity contribution is 6.06. The lowest BCUT2D eigenvalue weighted by atomic mass is 9.85. The van der Waals surface area contributed by atoms with Gasteiger partial charge in [0.25, 0.3) is 5.91 Å². The van der Waals surface area contributed by atoms with E-state index in [0.717, 1.165) is 4.57 Å². The summed E-state index contributed by atoms with van der Waals surface area (Å²) in [4.78, 5) is 35.5. The largest absolute Gasteiger partial charge is 0.451 e. The van der Waals surface area contributed by atoms with Gasteiger partial charge >= 0.3 is 6.18 Å². The van der Waals surface area contributed by atoms with Gasteiger partial charge in [-0.05, 0) is 43.9 Å². The predicted octanol–water partition coefficient (Wildman–Crippen LogP) is 3.28. The summed E-state index contributed by atoms with van der Waals surface area (Å²) in [6, 6.07) is 6.09. The SMILES string of the molecule is NC(=O)c1cn(-c2ccnc(NC3CCC(C(=O)N4CCn5c(nnc5C(F)(F)F)C4)CC3)n2)c2cccc(F)c12. The van der Waals surface area contributed by atoms with Crippen molar-refractivity contribution in [1.82, 2.24) is 34.2 Å². The van der Waals surface area contributed by atoms with E-state index in [9.17, 15) is 27.2 Å². The van der Waals surface area contributed by atoms with E-state index in [2.05, 4.69) is 25.5 Å². The smallest absolute Gasteiger partial charge is 0.366 e. The molecule has 6 rings (SSSR count). The molecule has 0 radical (unpaired) electrons. The second kappa shape index (κ2) is 10.1. The molecule has 2 aliphatic rings. The molecule has 41 heavy (non-hydrogen) atoms. The summed E-state index contributed by atoms with van der Waals surface area (Å²) in [6.45, 7) is 0.162. The van der Waals surface area contributed by atoms with Crippen LogP contribution in [0.15, 0.2) is 36.7 Å². The molecule has 0 bridgehead atoms. The van der Waals surface area contributed by atoms with Gasteiger partial charge in [-0.2, -0.15) is 18.2 Å². The van der Waals surface area contributed by atoms with Gasteiger partial charge in [0, 0.05) is 42.8 Å². The fourth-order valence-corrected chi connectivity index (χ4v) is 5.65. The number of amides is 2. The molecule has 4 aromatic rings. The average molecular weight is 572 g/mol. The highest BCUT2D eigenvalue weighted by Crippen LogP contribution is 2.32. The third-order valence-corrected chi connectivity index (χ3v) is 7.66. The highest BCUT2D eigenvalue weighted by Gasteiger charge is 2.40. The van der Waals surface area contributed by atoms with E-state index in [-0.39, 0.29) is 54.3 Å². The van der Waals surface area contributed by atoms with Gasteiger partial charge in [-0.15, -0.1) is 10.2 Å². The Morgan fingerprint density at radius 1 is 1.05 bits per heavy atom. The monoisotopic (exact) mass is 571 g/mol. The minimum absolute atomic E-state index is 0.00223. The van der Waals surface area contributed by atoms with Crippen LogP contribution in [0.1, 0.15) is 47.7 Å². The number of primary amides is 1. The first-order chi connectivity index (χ1) is 19.6. The zero-order chi connectivity index (χ0) is 28.9. The lowest BCUT2D eigenvalue weighted by Crippen LogP contribution is -2.43. The maximum Gasteiger partial charge on any atom is 0.451 e. The maximum absolute atomic E-state index is 14.5. The van der Waals surface area contributed by atoms with Crippen LogP contribution in [0.3, 0.4) is 0 Å². The second-order valence-electron chi connectivity index (χ2n) is 10.2. The summed E-state index contributed by atoms with van der Waals surface area (Å²) in [5, 5.41) is 10.3. The van der Waals surface area contributed by atoms with Crippen LogP contribution >= 0.6 is 0 Å². The number of nitrogens with zero attached hydrogens (tertiary/aromatic N) is 7. The zero-order valence-corrected chi connectivity index (χ0v) is 21.6. The van der Waals surface area contributed by atoms with E-state index in [4.69, 9.17) is 5.73 Å². The Morgan fingerprint density at radius 3 is 2.56 bits per heavy atom. The average Bonchev–Trinajstić information content (AvgIpc) is 3.56. The predicted molar refractivity (Wildman–Crippen MR) is 137 cm³/mol. The molecule has 0 spiro atoms. The molecule has 1 aliphatic carbocycles. The molecular weight excluding hydrogens is 546 g/mol. The Bertz CT molecular complexity index is 1640. The number of alkyl halides is 3. The van der Waals surface area contributed by atoms with Gasteiger partial charge in [-0.25, -0.2) is 9.37 Å². The quantitative estimate of drug-likeness (QED) is 0.351. The second-order valence-corrected chi connectivity index (χ2v) is 10.2. The molecule has 2 amide bonds. The standard InChI is InChI=1S/C26H25F4N9O2/c27-17-2-1-3-18-21(17)16(22(31)40)12-39(18)19-8-9-32-25(34-19)33-15-6-4-14(5-7-15)23(41)37-10-11-38-20(13-37)35-36-24(38)26(28,29)30/h1-3,8-9,12,14-15H,4-7,10-11,13H2,(H2,31,40)(H,32,33,34). The van der Waals surface area contributed by atoms with Crippen LogP contribution in [0.5, 0.6) is 0 Å². The van der Waals surface area contributed by atoms with Gasteiger partial charge in [-0.3, -0.25) is 9.59 Å². The van der Waals surface area contributed by atoms with Gasteiger partial charge in [-0.1, -0.05) is 6.07 Å². The molecule has 3 aromatic heterocycles. The van der Waals surface area contributed by atoms with Crippen LogP contribution < -0.4 is 11.1 Å². The van der Waals surface area contributed by atoms with Crippen molar-refractivity contribution in [2.45, 2.75) is 51.0 Å². The molecule has 1 aromatic carbocycles. The molecule has 4 heterocycles. The first-order valence-electron chi connectivity index (χ1n) is 13.1. The minimum atomic E-state index is -4.59. The third-order valence-electron chi connectivity index (χ3n) is 7.66. The third kappa shape index (κ3) is 4.95. The fraction of sp³-hybridized carbons (Fsp3) is 0.385. The van der Waals surface area contributed by atoms with E-state index in [0.29, 0.717) is 43.0 Å². The van der Waals surface area contributed by atoms with Gasteiger partial charge in [0.1, 0.15) is 11.6 Å². The molecule has 0 atom stereocenters. The first kappa shape index (κ1) is 26.7. The number of benzene rings is 1. The molecule has 1 fully saturated rings. The summed E-state index contributed by atoms with van der Waals surface area (Å²) in [6.07, 6.45) is 0.922. The van der Waals surface area contributed by atoms with E-state index >= 15 is 0 Å². The summed E-state index contributed by atoms with van der Waals surface area (Å²) < 4.78 is 56.4. The van der Waals surface area contributed by atoms with E-state index < -0.39 is 23.7 Å². The highest BCUT2D eigenvalue weighted by atomic mass is 19.4. The molecule has 3 N–H and O–H groups in total. The number of halogens is 4. The van der Waals surface area contributed by atoms with Crippen LogP contribution in [-0.2, 0) is 24.1 Å². The number of carbonyl (C=O) groups is 2.